The Morgan fingerprint density at radius 2 is 1.81 bits per heavy atom. The summed E-state index contributed by atoms with van der Waals surface area (Å²) in [5.41, 5.74) is 0.520. The quantitative estimate of drug-likeness (QED) is 0.581. The molecule has 7 nitrogen and oxygen atoms in total. The van der Waals surface area contributed by atoms with Crippen LogP contribution >= 0.6 is 0 Å². The molecule has 2 heterocycles. The summed E-state index contributed by atoms with van der Waals surface area (Å²) in [4.78, 5) is 47.9. The second kappa shape index (κ2) is 5.01. The summed E-state index contributed by atoms with van der Waals surface area (Å²) >= 11 is 0. The molecule has 0 unspecified atom stereocenters. The van der Waals surface area contributed by atoms with E-state index in [1.54, 1.807) is 12.1 Å². The normalized spacial score (nSPS) is 20.5. The van der Waals surface area contributed by atoms with Crippen LogP contribution in [-0.2, 0) is 19.1 Å². The lowest BCUT2D eigenvalue weighted by Gasteiger charge is -2.14. The Hall–Kier alpha value is -2.70. The molecule has 1 saturated heterocycles. The number of imide groups is 1. The van der Waals surface area contributed by atoms with E-state index in [0.717, 1.165) is 4.90 Å². The Morgan fingerprint density at radius 3 is 2.33 bits per heavy atom. The number of ether oxygens (including phenoxy) is 2. The molecule has 2 amide bonds. The van der Waals surface area contributed by atoms with Crippen molar-refractivity contribution in [3.05, 3.63) is 35.4 Å². The first kappa shape index (κ1) is 13.3. The van der Waals surface area contributed by atoms with Gasteiger partial charge in [-0.2, -0.15) is 0 Å². The van der Waals surface area contributed by atoms with E-state index in [-0.39, 0.29) is 24.2 Å². The highest BCUT2D eigenvalue weighted by Gasteiger charge is 2.38. The van der Waals surface area contributed by atoms with Crippen LogP contribution in [0.1, 0.15) is 27.1 Å². The van der Waals surface area contributed by atoms with E-state index in [2.05, 4.69) is 4.74 Å². The second-order valence-electron chi connectivity index (χ2n) is 4.68. The maximum absolute atomic E-state index is 12.0. The fourth-order valence-electron chi connectivity index (χ4n) is 2.29. The lowest BCUT2D eigenvalue weighted by molar-refractivity contribution is -0.160. The summed E-state index contributed by atoms with van der Waals surface area (Å²) in [7, 11) is 0. The van der Waals surface area contributed by atoms with Crippen molar-refractivity contribution < 1.29 is 28.7 Å². The third-order valence-electron chi connectivity index (χ3n) is 3.33. The molecule has 0 N–H and O–H groups in total. The molecule has 0 spiro atoms. The lowest BCUT2D eigenvalue weighted by Crippen LogP contribution is -2.37. The van der Waals surface area contributed by atoms with Crippen LogP contribution < -0.4 is 0 Å². The van der Waals surface area contributed by atoms with Crippen molar-refractivity contribution in [2.45, 2.75) is 12.5 Å². The summed E-state index contributed by atoms with van der Waals surface area (Å²) in [5.74, 6) is -2.50. The zero-order valence-electron chi connectivity index (χ0n) is 10.9. The van der Waals surface area contributed by atoms with Crippen LogP contribution in [0.2, 0.25) is 0 Å². The molecule has 1 aromatic carbocycles. The summed E-state index contributed by atoms with van der Waals surface area (Å²) in [6.07, 6.45) is -0.667. The Morgan fingerprint density at radius 1 is 1.19 bits per heavy atom. The molecular weight excluding hydrogens is 278 g/mol. The van der Waals surface area contributed by atoms with Crippen molar-refractivity contribution in [1.29, 1.82) is 0 Å². The van der Waals surface area contributed by atoms with Crippen LogP contribution in [0.25, 0.3) is 0 Å². The van der Waals surface area contributed by atoms with E-state index in [1.807, 2.05) is 0 Å². The van der Waals surface area contributed by atoms with Gasteiger partial charge in [0.2, 0.25) is 6.10 Å². The first-order valence-electron chi connectivity index (χ1n) is 6.39. The number of rotatable bonds is 3. The first-order valence-corrected chi connectivity index (χ1v) is 6.39. The molecule has 1 atom stereocenters. The van der Waals surface area contributed by atoms with Gasteiger partial charge in [0.15, 0.2) is 0 Å². The fourth-order valence-corrected chi connectivity index (χ4v) is 2.29. The maximum atomic E-state index is 12.0. The molecule has 2 aliphatic heterocycles. The van der Waals surface area contributed by atoms with Crippen molar-refractivity contribution in [1.82, 2.24) is 4.90 Å². The number of amides is 2. The number of benzene rings is 1. The van der Waals surface area contributed by atoms with E-state index in [9.17, 15) is 19.2 Å². The van der Waals surface area contributed by atoms with Crippen LogP contribution in [0.15, 0.2) is 24.3 Å². The van der Waals surface area contributed by atoms with Gasteiger partial charge in [0, 0.05) is 6.42 Å². The molecule has 0 saturated carbocycles. The van der Waals surface area contributed by atoms with E-state index >= 15 is 0 Å². The SMILES string of the molecule is O=C(CN1C(=O)c2ccccc2C1=O)O[C@H]1CCOC1=O. The standard InChI is InChI=1S/C14H11NO6/c16-11(21-10-5-6-20-14(10)19)7-15-12(17)8-3-1-2-4-9(8)13(15)18/h1-4,10H,5-7H2/t10-/m0/s1. The molecule has 2 aliphatic rings. The zero-order chi connectivity index (χ0) is 15.0. The summed E-state index contributed by atoms with van der Waals surface area (Å²) in [6.45, 7) is -0.320. The molecule has 1 fully saturated rings. The highest BCUT2D eigenvalue weighted by molar-refractivity contribution is 6.22. The van der Waals surface area contributed by atoms with Gasteiger partial charge in [0.1, 0.15) is 6.54 Å². The maximum Gasteiger partial charge on any atom is 0.347 e. The second-order valence-corrected chi connectivity index (χ2v) is 4.68. The van der Waals surface area contributed by atoms with Crippen LogP contribution in [0.5, 0.6) is 0 Å². The molecule has 21 heavy (non-hydrogen) atoms. The van der Waals surface area contributed by atoms with Crippen LogP contribution in [0, 0.1) is 0 Å². The number of carbonyl (C=O) groups is 4. The van der Waals surface area contributed by atoms with Crippen LogP contribution in [0.3, 0.4) is 0 Å². The van der Waals surface area contributed by atoms with E-state index in [4.69, 9.17) is 4.74 Å². The molecule has 7 heteroatoms. The van der Waals surface area contributed by atoms with E-state index in [0.29, 0.717) is 0 Å². The average molecular weight is 289 g/mol. The van der Waals surface area contributed by atoms with Crippen LogP contribution in [-0.4, -0.2) is 47.9 Å². The van der Waals surface area contributed by atoms with Gasteiger partial charge in [0.25, 0.3) is 11.8 Å². The van der Waals surface area contributed by atoms with Crippen molar-refractivity contribution in [3.8, 4) is 0 Å². The lowest BCUT2D eigenvalue weighted by atomic mass is 10.1. The molecule has 3 rings (SSSR count). The van der Waals surface area contributed by atoms with E-state index < -0.39 is 36.4 Å². The summed E-state index contributed by atoms with van der Waals surface area (Å²) < 4.78 is 9.59. The van der Waals surface area contributed by atoms with E-state index in [1.165, 1.54) is 12.1 Å². The molecule has 108 valence electrons. The third-order valence-corrected chi connectivity index (χ3v) is 3.33. The van der Waals surface area contributed by atoms with Gasteiger partial charge in [-0.1, -0.05) is 12.1 Å². The minimum Gasteiger partial charge on any atom is -0.463 e. The molecule has 1 aromatic rings. The van der Waals surface area contributed by atoms with Crippen LogP contribution in [0.4, 0.5) is 0 Å². The molecular formula is C14H11NO6. The molecule has 0 radical (unpaired) electrons. The minimum absolute atomic E-state index is 0.198. The number of carbonyl (C=O) groups excluding carboxylic acids is 4. The predicted octanol–water partition coefficient (Wildman–Crippen LogP) is 0.141. The smallest absolute Gasteiger partial charge is 0.347 e. The monoisotopic (exact) mass is 289 g/mol. The number of cyclic esters (lactones) is 1. The zero-order valence-corrected chi connectivity index (χ0v) is 10.9. The highest BCUT2D eigenvalue weighted by atomic mass is 16.6. The highest BCUT2D eigenvalue weighted by Crippen LogP contribution is 2.22. The van der Waals surface area contributed by atoms with Crippen molar-refractivity contribution >= 4 is 23.8 Å². The first-order chi connectivity index (χ1) is 10.1. The van der Waals surface area contributed by atoms with Gasteiger partial charge in [0.05, 0.1) is 17.7 Å². The predicted molar refractivity (Wildman–Crippen MR) is 67.3 cm³/mol. The number of hydrogen-bond acceptors (Lipinski definition) is 6. The fraction of sp³-hybridized carbons (Fsp3) is 0.286. The van der Waals surface area contributed by atoms with Gasteiger partial charge in [-0.25, -0.2) is 4.79 Å². The van der Waals surface area contributed by atoms with Gasteiger partial charge in [-0.15, -0.1) is 0 Å². The number of hydrogen-bond donors (Lipinski definition) is 0. The van der Waals surface area contributed by atoms with Crippen molar-refractivity contribution in [2.24, 2.45) is 0 Å². The summed E-state index contributed by atoms with van der Waals surface area (Å²) in [5, 5.41) is 0. The number of nitrogens with zero attached hydrogens (tertiary/aromatic N) is 1. The molecule has 0 aliphatic carbocycles. The van der Waals surface area contributed by atoms with Gasteiger partial charge < -0.3 is 9.47 Å². The Labute approximate surface area is 119 Å². The number of fused-ring (bicyclic) bond motifs is 1. The Balaban J connectivity index is 1.69. The average Bonchev–Trinajstić information content (AvgIpc) is 2.97. The van der Waals surface area contributed by atoms with Crippen molar-refractivity contribution in [2.75, 3.05) is 13.2 Å². The summed E-state index contributed by atoms with van der Waals surface area (Å²) in [6, 6.07) is 6.32. The van der Waals surface area contributed by atoms with Gasteiger partial charge in [-0.3, -0.25) is 19.3 Å². The largest absolute Gasteiger partial charge is 0.463 e. The van der Waals surface area contributed by atoms with Crippen molar-refractivity contribution in [3.63, 3.8) is 0 Å². The number of esters is 2. The van der Waals surface area contributed by atoms with Gasteiger partial charge >= 0.3 is 11.9 Å². The Bertz CT molecular complexity index is 618. The Kier molecular flexibility index (Phi) is 3.17. The molecule has 0 aromatic heterocycles. The molecule has 0 bridgehead atoms. The topological polar surface area (TPSA) is 90.0 Å². The van der Waals surface area contributed by atoms with Gasteiger partial charge in [-0.05, 0) is 12.1 Å². The third kappa shape index (κ3) is 2.26. The minimum atomic E-state index is -0.951.